The fourth-order valence-electron chi connectivity index (χ4n) is 13.7. The van der Waals surface area contributed by atoms with Crippen molar-refractivity contribution in [3.05, 3.63) is 35.3 Å². The number of Topliss-reactive ketones (excluding diaryl/α,β-unsaturated/α-hetero) is 1. The quantitative estimate of drug-likeness (QED) is 0.194. The van der Waals surface area contributed by atoms with Gasteiger partial charge in [-0.15, -0.1) is 0 Å². The molecule has 2 saturated carbocycles. The Morgan fingerprint density at radius 2 is 1.04 bits per heavy atom. The number of aliphatic hydroxyl groups is 3. The van der Waals surface area contributed by atoms with Gasteiger partial charge < -0.3 is 86.1 Å². The topological polar surface area (TPSA) is 220 Å². The molecule has 0 unspecified atom stereocenters. The zero-order valence-corrected chi connectivity index (χ0v) is 44.6. The number of ketones is 1. The van der Waals surface area contributed by atoms with Crippen molar-refractivity contribution in [2.75, 3.05) is 28.4 Å². The summed E-state index contributed by atoms with van der Waals surface area (Å²) in [5.41, 5.74) is 1.97. The van der Waals surface area contributed by atoms with E-state index in [0.29, 0.717) is 44.9 Å². The maximum Gasteiger partial charge on any atom is 0.161 e. The second-order valence-electron chi connectivity index (χ2n) is 22.3. The normalized spacial score (nSPS) is 48.7. The molecule has 5 aliphatic heterocycles. The lowest BCUT2D eigenvalue weighted by atomic mass is 9.51. The van der Waals surface area contributed by atoms with Gasteiger partial charge in [0, 0.05) is 77.9 Å². The SMILES string of the molecule is CO[C@H]1C[C@H](O[C@H]2[C@@H](O)C[C@H](O[C@@H]3[C@H](C)O[C@@H](O[C@H]4[C@@H](OC)C[C@H](O[C@@H]5CC6=CC[C@H]7C(=O)[C@@H](c8ccoc8C)CC[C@@H]7[C@@]6(C)C[C@H]5O)O[C@@H]4C)C[C@H]3OC)O[C@@H]2C)O[C@H](C)[C@H]1O[C@H]1C[C@@H](OC)[C@@H](O)[C@H](C)O1. The molecule has 19 heteroatoms. The molecule has 9 rings (SSSR count). The molecule has 0 aromatic carbocycles. The highest BCUT2D eigenvalue weighted by Gasteiger charge is 2.55. The summed E-state index contributed by atoms with van der Waals surface area (Å²) in [7, 11) is 6.44. The number of rotatable bonds is 15. The third kappa shape index (κ3) is 11.6. The molecule has 7 fully saturated rings. The maximum atomic E-state index is 13.9. The minimum Gasteiger partial charge on any atom is -0.469 e. The van der Waals surface area contributed by atoms with Crippen molar-refractivity contribution in [2.24, 2.45) is 17.3 Å². The Morgan fingerprint density at radius 3 is 1.53 bits per heavy atom. The lowest BCUT2D eigenvalue weighted by molar-refractivity contribution is -0.351. The zero-order chi connectivity index (χ0) is 52.0. The molecule has 3 aliphatic carbocycles. The van der Waals surface area contributed by atoms with Gasteiger partial charge >= 0.3 is 0 Å². The van der Waals surface area contributed by atoms with Crippen LogP contribution in [0.4, 0.5) is 0 Å². The first-order valence-electron chi connectivity index (χ1n) is 26.9. The summed E-state index contributed by atoms with van der Waals surface area (Å²) in [6.07, 6.45) is -3.59. The first kappa shape index (κ1) is 55.8. The highest BCUT2D eigenvalue weighted by atomic mass is 16.8. The van der Waals surface area contributed by atoms with Crippen LogP contribution in [-0.4, -0.2) is 185 Å². The monoisotopic (exact) mass is 1040 g/mol. The average molecular weight is 1040 g/mol. The molecule has 0 spiro atoms. The van der Waals surface area contributed by atoms with Crippen molar-refractivity contribution < 1.29 is 90.8 Å². The molecular weight excluding hydrogens is 953 g/mol. The number of methoxy groups -OCH3 is 4. The van der Waals surface area contributed by atoms with Crippen LogP contribution in [-0.2, 0) is 71.1 Å². The summed E-state index contributed by atoms with van der Waals surface area (Å²) < 4.78 is 92.9. The minimum atomic E-state index is -0.936. The van der Waals surface area contributed by atoms with Gasteiger partial charge in [0.05, 0.1) is 79.5 Å². The van der Waals surface area contributed by atoms with E-state index >= 15 is 0 Å². The number of carbonyl (C=O) groups excluding carboxylic acids is 1. The molecule has 1 aromatic heterocycles. The predicted octanol–water partition coefficient (Wildman–Crippen LogP) is 5.14. The van der Waals surface area contributed by atoms with E-state index in [-0.39, 0.29) is 35.4 Å². The summed E-state index contributed by atoms with van der Waals surface area (Å²) in [4.78, 5) is 13.9. The molecule has 26 atom stereocenters. The molecular formula is C54H84O19. The number of carbonyl (C=O) groups is 1. The average Bonchev–Trinajstić information content (AvgIpc) is 3.78. The lowest BCUT2D eigenvalue weighted by Gasteiger charge is -2.54. The lowest BCUT2D eigenvalue weighted by Crippen LogP contribution is -2.58. The van der Waals surface area contributed by atoms with E-state index in [1.807, 2.05) is 40.7 Å². The third-order valence-corrected chi connectivity index (χ3v) is 17.8. The van der Waals surface area contributed by atoms with Crippen LogP contribution in [0, 0.1) is 24.2 Å². The molecule has 414 valence electrons. The number of furan rings is 1. The summed E-state index contributed by atoms with van der Waals surface area (Å²) >= 11 is 0. The highest BCUT2D eigenvalue weighted by Crippen LogP contribution is 2.58. The molecule has 0 bridgehead atoms. The highest BCUT2D eigenvalue weighted by molar-refractivity contribution is 5.89. The van der Waals surface area contributed by atoms with E-state index in [1.54, 1.807) is 41.6 Å². The second kappa shape index (κ2) is 23.5. The van der Waals surface area contributed by atoms with E-state index in [9.17, 15) is 20.1 Å². The van der Waals surface area contributed by atoms with Gasteiger partial charge in [-0.2, -0.15) is 0 Å². The largest absolute Gasteiger partial charge is 0.469 e. The fourth-order valence-corrected chi connectivity index (χ4v) is 13.7. The molecule has 1 aromatic rings. The van der Waals surface area contributed by atoms with Crippen LogP contribution in [0.25, 0.3) is 0 Å². The molecule has 5 saturated heterocycles. The summed E-state index contributed by atoms with van der Waals surface area (Å²) in [5, 5.41) is 33.6. The first-order valence-corrected chi connectivity index (χ1v) is 26.9. The van der Waals surface area contributed by atoms with Gasteiger partial charge in [0.2, 0.25) is 0 Å². The van der Waals surface area contributed by atoms with Gasteiger partial charge in [-0.05, 0) is 91.0 Å². The number of ether oxygens (including phenoxy) is 14. The standard InChI is InChI=1S/C54H84O19/c1-25-32(16-17-63-25)33-14-15-35-34(49(33)58)13-12-31-18-38(37(56)24-54(31,35)7)69-44-21-40(60-9)52(28(4)66-44)73-47-23-42(62-11)51(29(5)68-47)71-43-19-36(55)50(27(3)65-43)70-46-22-41(61-10)53(30(6)67-46)72-45-20-39(59-8)48(57)26(2)64-45/h12,16-17,26-30,33-48,50-53,55-57H,13-15,18-24H2,1-11H3/t26-,27+,28+,29-,30+,33+,34+,35-,36-,37+,38+,39+,40-,41-,42+,43-,44-,45-,46-,47-,48-,50+,51+,52+,53+,54-/m0/s1. The van der Waals surface area contributed by atoms with Crippen LogP contribution < -0.4 is 0 Å². The van der Waals surface area contributed by atoms with Crippen LogP contribution >= 0.6 is 0 Å². The van der Waals surface area contributed by atoms with E-state index in [0.717, 1.165) is 24.2 Å². The Kier molecular flexibility index (Phi) is 18.0. The molecule has 0 radical (unpaired) electrons. The molecule has 6 heterocycles. The van der Waals surface area contributed by atoms with Gasteiger partial charge in [0.15, 0.2) is 31.5 Å². The summed E-state index contributed by atoms with van der Waals surface area (Å²) in [6, 6.07) is 1.94. The Balaban J connectivity index is 0.739. The number of aliphatic hydroxyl groups excluding tert-OH is 3. The first-order chi connectivity index (χ1) is 34.9. The van der Waals surface area contributed by atoms with Gasteiger partial charge in [0.25, 0.3) is 0 Å². The van der Waals surface area contributed by atoms with Crippen molar-refractivity contribution in [3.8, 4) is 0 Å². The fraction of sp³-hybridized carbons (Fsp3) is 0.870. The van der Waals surface area contributed by atoms with Crippen molar-refractivity contribution in [3.63, 3.8) is 0 Å². The summed E-state index contributed by atoms with van der Waals surface area (Å²) in [6.45, 7) is 13.5. The minimum absolute atomic E-state index is 0.0773. The molecule has 19 nitrogen and oxygen atoms in total. The molecule has 3 N–H and O–H groups in total. The van der Waals surface area contributed by atoms with Crippen LogP contribution in [0.2, 0.25) is 0 Å². The van der Waals surface area contributed by atoms with Crippen molar-refractivity contribution in [1.82, 2.24) is 0 Å². The number of aryl methyl sites for hydroxylation is 1. The van der Waals surface area contributed by atoms with Gasteiger partial charge in [-0.1, -0.05) is 18.6 Å². The van der Waals surface area contributed by atoms with E-state index in [1.165, 1.54) is 5.57 Å². The van der Waals surface area contributed by atoms with E-state index in [2.05, 4.69) is 13.0 Å². The van der Waals surface area contributed by atoms with Crippen LogP contribution in [0.1, 0.15) is 123 Å². The Morgan fingerprint density at radius 1 is 0.575 bits per heavy atom. The van der Waals surface area contributed by atoms with E-state index in [4.69, 9.17) is 70.7 Å². The molecule has 73 heavy (non-hydrogen) atoms. The van der Waals surface area contributed by atoms with Gasteiger partial charge in [-0.25, -0.2) is 0 Å². The van der Waals surface area contributed by atoms with Crippen LogP contribution in [0.3, 0.4) is 0 Å². The predicted molar refractivity (Wildman–Crippen MR) is 258 cm³/mol. The second-order valence-corrected chi connectivity index (χ2v) is 22.3. The third-order valence-electron chi connectivity index (χ3n) is 17.8. The van der Waals surface area contributed by atoms with Crippen LogP contribution in [0.5, 0.6) is 0 Å². The maximum absolute atomic E-state index is 13.9. The van der Waals surface area contributed by atoms with Crippen molar-refractivity contribution in [2.45, 2.75) is 254 Å². The number of fused-ring (bicyclic) bond motifs is 3. The summed E-state index contributed by atoms with van der Waals surface area (Å²) in [5.74, 6) is 1.06. The van der Waals surface area contributed by atoms with Crippen molar-refractivity contribution >= 4 is 5.78 Å². The van der Waals surface area contributed by atoms with Gasteiger partial charge in [0.1, 0.15) is 42.1 Å². The van der Waals surface area contributed by atoms with E-state index < -0.39 is 135 Å². The molecule has 0 amide bonds. The van der Waals surface area contributed by atoms with Crippen LogP contribution in [0.15, 0.2) is 28.4 Å². The van der Waals surface area contributed by atoms with Gasteiger partial charge in [-0.3, -0.25) is 4.79 Å². The number of hydrogen-bond donors (Lipinski definition) is 3. The Bertz CT molecular complexity index is 1990. The zero-order valence-electron chi connectivity index (χ0n) is 44.6. The number of allylic oxidation sites excluding steroid dienone is 1. The smallest absolute Gasteiger partial charge is 0.161 e. The Hall–Kier alpha value is -1.99. The molecule has 8 aliphatic rings. The van der Waals surface area contributed by atoms with Crippen molar-refractivity contribution in [1.29, 1.82) is 0 Å². The Labute approximate surface area is 430 Å². The number of hydrogen-bond acceptors (Lipinski definition) is 19.